The molecule has 1 amide bonds. The molecule has 0 aliphatic carbocycles. The fourth-order valence-electron chi connectivity index (χ4n) is 5.28. The molecule has 0 aliphatic heterocycles. The van der Waals surface area contributed by atoms with Crippen molar-refractivity contribution in [1.82, 2.24) is 5.32 Å². The zero-order valence-electron chi connectivity index (χ0n) is 30.3. The molecule has 9 heteroatoms. The first-order valence-corrected chi connectivity index (χ1v) is 20.6. The van der Waals surface area contributed by atoms with Crippen molar-refractivity contribution in [3.63, 3.8) is 0 Å². The van der Waals surface area contributed by atoms with Crippen molar-refractivity contribution in [3.8, 4) is 0 Å². The lowest BCUT2D eigenvalue weighted by Gasteiger charge is -2.23. The van der Waals surface area contributed by atoms with Crippen LogP contribution in [0.1, 0.15) is 168 Å². The van der Waals surface area contributed by atoms with Gasteiger partial charge in [-0.05, 0) is 44.9 Å². The second kappa shape index (κ2) is 34.6. The average molecular weight is 685 g/mol. The summed E-state index contributed by atoms with van der Waals surface area (Å²) < 4.78 is 22.0. The van der Waals surface area contributed by atoms with Crippen LogP contribution in [-0.2, 0) is 18.4 Å². The quantitative estimate of drug-likeness (QED) is 0.0297. The molecule has 3 atom stereocenters. The van der Waals surface area contributed by atoms with Gasteiger partial charge in [0.1, 0.15) is 0 Å². The molecule has 0 saturated heterocycles. The first-order chi connectivity index (χ1) is 22.9. The molecule has 0 spiro atoms. The second-order valence-electron chi connectivity index (χ2n) is 12.8. The normalized spacial score (nSPS) is 14.7. The Balaban J connectivity index is 4.38. The first-order valence-electron chi connectivity index (χ1n) is 19.1. The summed E-state index contributed by atoms with van der Waals surface area (Å²) in [5, 5.41) is 13.6. The first kappa shape index (κ1) is 45.7. The monoisotopic (exact) mass is 685 g/mol. The molecular formula is C38H73N2O6P. The number of nitrogens with one attached hydrogen (secondary N) is 1. The number of aliphatic hydroxyl groups is 1. The number of carbonyl (C=O) groups excluding carboxylic acids is 1. The zero-order valence-corrected chi connectivity index (χ0v) is 31.2. The van der Waals surface area contributed by atoms with Crippen LogP contribution in [0.15, 0.2) is 36.5 Å². The Labute approximate surface area is 289 Å². The number of nitrogens with two attached hydrogens (primary N) is 1. The Bertz CT molecular complexity index is 835. The van der Waals surface area contributed by atoms with Crippen LogP contribution >= 0.6 is 7.82 Å². The second-order valence-corrected chi connectivity index (χ2v) is 14.2. The van der Waals surface area contributed by atoms with Crippen molar-refractivity contribution in [2.24, 2.45) is 5.73 Å². The fourth-order valence-corrected chi connectivity index (χ4v) is 6.04. The van der Waals surface area contributed by atoms with Gasteiger partial charge in [0.2, 0.25) is 5.91 Å². The van der Waals surface area contributed by atoms with Crippen molar-refractivity contribution in [1.29, 1.82) is 0 Å². The molecule has 8 nitrogen and oxygen atoms in total. The molecule has 0 radical (unpaired) electrons. The van der Waals surface area contributed by atoms with Crippen molar-refractivity contribution in [2.45, 2.75) is 180 Å². The van der Waals surface area contributed by atoms with E-state index in [1.807, 2.05) is 6.08 Å². The van der Waals surface area contributed by atoms with Crippen LogP contribution in [0.3, 0.4) is 0 Å². The topological polar surface area (TPSA) is 131 Å². The van der Waals surface area contributed by atoms with E-state index in [-0.39, 0.29) is 25.7 Å². The van der Waals surface area contributed by atoms with Crippen LogP contribution in [0, 0.1) is 0 Å². The third-order valence-electron chi connectivity index (χ3n) is 8.20. The molecular weight excluding hydrogens is 611 g/mol. The minimum absolute atomic E-state index is 0.0723. The highest BCUT2D eigenvalue weighted by molar-refractivity contribution is 7.47. The number of phosphoric ester groups is 1. The molecule has 47 heavy (non-hydrogen) atoms. The standard InChI is InChI=1S/C38H73N2O6P/c1-3-5-7-9-11-13-15-17-19-21-23-25-27-29-31-37(41)36(35-46-47(43,44)45-34-33-39)40-38(42)32-30-28-26-24-22-20-18-16-14-12-10-8-6-4-2/h13,15,21,23,29,31,36-37,41H,3-12,14,16-20,22,24-28,30,32-35,39H2,1-2H3,(H,40,42)(H,43,44)/b15-13+,23-21+,31-29+. The van der Waals surface area contributed by atoms with Crippen molar-refractivity contribution >= 4 is 13.7 Å². The van der Waals surface area contributed by atoms with Gasteiger partial charge in [-0.1, -0.05) is 153 Å². The summed E-state index contributed by atoms with van der Waals surface area (Å²) in [7, 11) is -4.34. The van der Waals surface area contributed by atoms with E-state index in [9.17, 15) is 19.4 Å². The molecule has 0 rings (SSSR count). The fraction of sp³-hybridized carbons (Fsp3) is 0.816. The smallest absolute Gasteiger partial charge is 0.387 e. The molecule has 0 aliphatic rings. The van der Waals surface area contributed by atoms with E-state index in [0.29, 0.717) is 6.42 Å². The maximum Gasteiger partial charge on any atom is 0.472 e. The molecule has 0 aromatic heterocycles. The molecule has 5 N–H and O–H groups in total. The van der Waals surface area contributed by atoms with Gasteiger partial charge in [0.25, 0.3) is 0 Å². The van der Waals surface area contributed by atoms with Crippen LogP contribution in [0.4, 0.5) is 0 Å². The van der Waals surface area contributed by atoms with E-state index < -0.39 is 20.0 Å². The number of hydrogen-bond donors (Lipinski definition) is 4. The molecule has 0 saturated carbocycles. The van der Waals surface area contributed by atoms with Crippen molar-refractivity contribution in [3.05, 3.63) is 36.5 Å². The number of allylic oxidation sites excluding steroid dienone is 5. The Kier molecular flexibility index (Phi) is 33.6. The number of hydrogen-bond acceptors (Lipinski definition) is 6. The SMILES string of the molecule is CCCCCC/C=C/CC/C=C/CC/C=C/C(O)C(COP(=O)(O)OCCN)NC(=O)CCCCCCCCCCCCCCCC. The molecule has 0 heterocycles. The van der Waals surface area contributed by atoms with Gasteiger partial charge >= 0.3 is 7.82 Å². The van der Waals surface area contributed by atoms with Crippen molar-refractivity contribution in [2.75, 3.05) is 19.8 Å². The van der Waals surface area contributed by atoms with Crippen LogP contribution in [0.5, 0.6) is 0 Å². The highest BCUT2D eigenvalue weighted by atomic mass is 31.2. The lowest BCUT2D eigenvalue weighted by molar-refractivity contribution is -0.123. The number of aliphatic hydroxyl groups excluding tert-OH is 1. The number of carbonyl (C=O) groups is 1. The Hall–Kier alpha value is -1.28. The van der Waals surface area contributed by atoms with Gasteiger partial charge in [-0.3, -0.25) is 13.8 Å². The van der Waals surface area contributed by atoms with E-state index in [1.54, 1.807) is 6.08 Å². The number of unbranched alkanes of at least 4 members (excludes halogenated alkanes) is 19. The van der Waals surface area contributed by atoms with Gasteiger partial charge in [0, 0.05) is 13.0 Å². The van der Waals surface area contributed by atoms with Crippen LogP contribution in [0.25, 0.3) is 0 Å². The van der Waals surface area contributed by atoms with Crippen LogP contribution in [0.2, 0.25) is 0 Å². The summed E-state index contributed by atoms with van der Waals surface area (Å²) in [5.74, 6) is -0.210. The zero-order chi connectivity index (χ0) is 34.7. The van der Waals surface area contributed by atoms with E-state index in [1.165, 1.54) is 103 Å². The molecule has 0 aromatic rings. The lowest BCUT2D eigenvalue weighted by Crippen LogP contribution is -2.45. The molecule has 3 unspecified atom stereocenters. The van der Waals surface area contributed by atoms with Crippen LogP contribution in [-0.4, -0.2) is 47.8 Å². The maximum atomic E-state index is 12.7. The Morgan fingerprint density at radius 3 is 1.64 bits per heavy atom. The predicted octanol–water partition coefficient (Wildman–Crippen LogP) is 10.00. The van der Waals surface area contributed by atoms with Gasteiger partial charge < -0.3 is 21.1 Å². The van der Waals surface area contributed by atoms with Crippen molar-refractivity contribution < 1.29 is 28.4 Å². The minimum atomic E-state index is -4.34. The molecule has 0 fully saturated rings. The Morgan fingerprint density at radius 1 is 0.681 bits per heavy atom. The van der Waals surface area contributed by atoms with Gasteiger partial charge in [-0.25, -0.2) is 4.57 Å². The van der Waals surface area contributed by atoms with E-state index in [0.717, 1.165) is 44.9 Å². The number of rotatable bonds is 35. The third kappa shape index (κ3) is 33.0. The maximum absolute atomic E-state index is 12.7. The molecule has 0 aromatic carbocycles. The third-order valence-corrected chi connectivity index (χ3v) is 9.18. The summed E-state index contributed by atoms with van der Waals surface area (Å²) in [6.45, 7) is 4.07. The number of amides is 1. The van der Waals surface area contributed by atoms with Gasteiger partial charge in [0.15, 0.2) is 0 Å². The molecule has 276 valence electrons. The van der Waals surface area contributed by atoms with Gasteiger partial charge in [-0.15, -0.1) is 0 Å². The highest BCUT2D eigenvalue weighted by Gasteiger charge is 2.26. The molecule has 0 bridgehead atoms. The predicted molar refractivity (Wildman–Crippen MR) is 198 cm³/mol. The highest BCUT2D eigenvalue weighted by Crippen LogP contribution is 2.43. The van der Waals surface area contributed by atoms with E-state index >= 15 is 0 Å². The lowest BCUT2D eigenvalue weighted by atomic mass is 10.0. The summed E-state index contributed by atoms with van der Waals surface area (Å²) in [6.07, 6.45) is 39.0. The summed E-state index contributed by atoms with van der Waals surface area (Å²) in [6, 6.07) is -0.878. The summed E-state index contributed by atoms with van der Waals surface area (Å²) in [4.78, 5) is 22.6. The number of phosphoric acid groups is 1. The Morgan fingerprint density at radius 2 is 1.13 bits per heavy atom. The van der Waals surface area contributed by atoms with Gasteiger partial charge in [-0.2, -0.15) is 0 Å². The van der Waals surface area contributed by atoms with E-state index in [4.69, 9.17) is 14.8 Å². The van der Waals surface area contributed by atoms with E-state index in [2.05, 4.69) is 43.5 Å². The largest absolute Gasteiger partial charge is 0.472 e. The summed E-state index contributed by atoms with van der Waals surface area (Å²) in [5.41, 5.74) is 5.35. The summed E-state index contributed by atoms with van der Waals surface area (Å²) >= 11 is 0. The van der Waals surface area contributed by atoms with Gasteiger partial charge in [0.05, 0.1) is 25.4 Å². The average Bonchev–Trinajstić information content (AvgIpc) is 3.05. The van der Waals surface area contributed by atoms with Crippen LogP contribution < -0.4 is 11.1 Å². The minimum Gasteiger partial charge on any atom is -0.387 e.